The smallest absolute Gasteiger partial charge is 0.281 e. The number of carbonyl (C=O) groups is 2. The Balaban J connectivity index is 3.58. The van der Waals surface area contributed by atoms with Gasteiger partial charge in [0.05, 0.1) is 21.4 Å². The van der Waals surface area contributed by atoms with Crippen LogP contribution in [0.5, 0.6) is 0 Å². The molecule has 0 aromatic heterocycles. The van der Waals surface area contributed by atoms with Crippen molar-refractivity contribution in [2.45, 2.75) is 0 Å². The second-order valence-corrected chi connectivity index (χ2v) is 3.56. The number of Topliss-reactive ketones (excluding diaryl/α,β-unsaturated/α-hetero) is 1. The normalized spacial score (nSPS) is 9.41. The van der Waals surface area contributed by atoms with E-state index < -0.39 is 16.4 Å². The van der Waals surface area contributed by atoms with Gasteiger partial charge in [0.2, 0.25) is 0 Å². The van der Waals surface area contributed by atoms with E-state index in [4.69, 9.17) is 5.26 Å². The molecule has 0 bridgehead atoms. The molecule has 86 valence electrons. The maximum Gasteiger partial charge on any atom is 0.281 e. The molecule has 0 fully saturated rings. The first kappa shape index (κ1) is 13.0. The minimum absolute atomic E-state index is 0.0394. The van der Waals surface area contributed by atoms with E-state index in [9.17, 15) is 19.7 Å². The lowest BCUT2D eigenvalue weighted by molar-refractivity contribution is -0.385. The van der Waals surface area contributed by atoms with Gasteiger partial charge in [-0.3, -0.25) is 19.7 Å². The van der Waals surface area contributed by atoms with E-state index in [0.717, 1.165) is 12.1 Å². The van der Waals surface area contributed by atoms with Crippen molar-refractivity contribution in [3.05, 3.63) is 38.9 Å². The van der Waals surface area contributed by atoms with Crippen LogP contribution < -0.4 is 0 Å². The Hall–Kier alpha value is -2.07. The van der Waals surface area contributed by atoms with Crippen LogP contribution in [0.1, 0.15) is 26.3 Å². The highest BCUT2D eigenvalue weighted by Crippen LogP contribution is 2.23. The largest absolute Gasteiger partial charge is 0.298 e. The molecular weight excluding hydrogens is 292 g/mol. The van der Waals surface area contributed by atoms with E-state index >= 15 is 0 Å². The molecule has 0 radical (unpaired) electrons. The van der Waals surface area contributed by atoms with Gasteiger partial charge in [0.25, 0.3) is 5.69 Å². The van der Waals surface area contributed by atoms with Gasteiger partial charge in [-0.1, -0.05) is 15.9 Å². The van der Waals surface area contributed by atoms with Crippen molar-refractivity contribution in [1.29, 1.82) is 5.26 Å². The molecule has 1 rings (SSSR count). The minimum Gasteiger partial charge on any atom is -0.298 e. The van der Waals surface area contributed by atoms with Crippen molar-refractivity contribution in [3.8, 4) is 6.07 Å². The van der Waals surface area contributed by atoms with E-state index in [2.05, 4.69) is 15.9 Å². The summed E-state index contributed by atoms with van der Waals surface area (Å²) in [6, 6.07) is 3.66. The topological polar surface area (TPSA) is 101 Å². The van der Waals surface area contributed by atoms with Crippen molar-refractivity contribution in [2.75, 3.05) is 5.33 Å². The molecule has 7 heteroatoms. The number of rotatable bonds is 4. The molecule has 0 saturated heterocycles. The highest BCUT2D eigenvalue weighted by atomic mass is 79.9. The fourth-order valence-electron chi connectivity index (χ4n) is 1.25. The average molecular weight is 297 g/mol. The van der Waals surface area contributed by atoms with E-state index in [0.29, 0.717) is 6.29 Å². The lowest BCUT2D eigenvalue weighted by atomic mass is 10.0. The average Bonchev–Trinajstić information content (AvgIpc) is 2.35. The van der Waals surface area contributed by atoms with Crippen LogP contribution in [0.2, 0.25) is 0 Å². The Labute approximate surface area is 104 Å². The van der Waals surface area contributed by atoms with Gasteiger partial charge in [-0.05, 0) is 6.07 Å². The van der Waals surface area contributed by atoms with E-state index in [1.165, 1.54) is 0 Å². The summed E-state index contributed by atoms with van der Waals surface area (Å²) in [7, 11) is 0. The van der Waals surface area contributed by atoms with Crippen LogP contribution in [0, 0.1) is 21.4 Å². The number of nitrogens with zero attached hydrogens (tertiary/aromatic N) is 2. The molecule has 0 saturated carbocycles. The second kappa shape index (κ2) is 5.32. The maximum absolute atomic E-state index is 11.5. The molecule has 1 aromatic carbocycles. The monoisotopic (exact) mass is 296 g/mol. The number of halogens is 1. The molecule has 0 unspecified atom stereocenters. The molecule has 0 aliphatic heterocycles. The van der Waals surface area contributed by atoms with Gasteiger partial charge in [-0.15, -0.1) is 0 Å². The molecule has 0 aliphatic rings. The number of nitro groups is 1. The van der Waals surface area contributed by atoms with E-state index in [1.807, 2.05) is 0 Å². The van der Waals surface area contributed by atoms with E-state index in [1.54, 1.807) is 6.07 Å². The standard InChI is InChI=1S/C10H5BrN2O4/c11-3-10(15)8-1-7(5-14)6(4-12)2-9(8)13(16)17/h1-2,5H,3H2. The van der Waals surface area contributed by atoms with Crippen molar-refractivity contribution in [2.24, 2.45) is 0 Å². The molecule has 0 aliphatic carbocycles. The fraction of sp³-hybridized carbons (Fsp3) is 0.100. The zero-order chi connectivity index (χ0) is 13.0. The molecule has 0 spiro atoms. The van der Waals surface area contributed by atoms with Gasteiger partial charge in [0.15, 0.2) is 12.1 Å². The molecule has 0 atom stereocenters. The third-order valence-corrected chi connectivity index (χ3v) is 2.54. The van der Waals surface area contributed by atoms with Gasteiger partial charge in [0.1, 0.15) is 6.07 Å². The van der Waals surface area contributed by atoms with Gasteiger partial charge in [-0.25, -0.2) is 0 Å². The summed E-state index contributed by atoms with van der Waals surface area (Å²) in [5.41, 5.74) is -0.829. The summed E-state index contributed by atoms with van der Waals surface area (Å²) in [5, 5.41) is 19.4. The summed E-state index contributed by atoms with van der Waals surface area (Å²) in [4.78, 5) is 32.1. The summed E-state index contributed by atoms with van der Waals surface area (Å²) >= 11 is 2.89. The predicted molar refractivity (Wildman–Crippen MR) is 61.3 cm³/mol. The molecule has 17 heavy (non-hydrogen) atoms. The number of nitriles is 1. The first-order valence-corrected chi connectivity index (χ1v) is 5.44. The molecule has 0 amide bonds. The van der Waals surface area contributed by atoms with Crippen LogP contribution in [-0.4, -0.2) is 22.3 Å². The number of alkyl halides is 1. The maximum atomic E-state index is 11.5. The van der Waals surface area contributed by atoms with Crippen LogP contribution >= 0.6 is 15.9 Å². The van der Waals surface area contributed by atoms with Gasteiger partial charge in [-0.2, -0.15) is 5.26 Å². The Morgan fingerprint density at radius 1 is 1.59 bits per heavy atom. The van der Waals surface area contributed by atoms with E-state index in [-0.39, 0.29) is 22.0 Å². The third-order valence-electron chi connectivity index (χ3n) is 2.03. The highest BCUT2D eigenvalue weighted by molar-refractivity contribution is 9.09. The van der Waals surface area contributed by atoms with Crippen LogP contribution in [0.4, 0.5) is 5.69 Å². The quantitative estimate of drug-likeness (QED) is 0.277. The van der Waals surface area contributed by atoms with Crippen molar-refractivity contribution in [1.82, 2.24) is 0 Å². The van der Waals surface area contributed by atoms with Gasteiger partial charge >= 0.3 is 0 Å². The Bertz CT molecular complexity index is 548. The SMILES string of the molecule is N#Cc1cc([N+](=O)[O-])c(C(=O)CBr)cc1C=O. The van der Waals surface area contributed by atoms with Crippen LogP contribution in [0.15, 0.2) is 12.1 Å². The minimum atomic E-state index is -0.759. The predicted octanol–water partition coefficient (Wildman–Crippen LogP) is 1.86. The molecule has 6 nitrogen and oxygen atoms in total. The second-order valence-electron chi connectivity index (χ2n) is 3.00. The molecular formula is C10H5BrN2O4. The Morgan fingerprint density at radius 3 is 2.65 bits per heavy atom. The number of benzene rings is 1. The summed E-state index contributed by atoms with van der Waals surface area (Å²) in [5.74, 6) is -0.524. The number of carbonyl (C=O) groups excluding carboxylic acids is 2. The van der Waals surface area contributed by atoms with Crippen LogP contribution in [0.3, 0.4) is 0 Å². The molecule has 1 aromatic rings. The Morgan fingerprint density at radius 2 is 2.24 bits per heavy atom. The lowest BCUT2D eigenvalue weighted by Gasteiger charge is -2.02. The van der Waals surface area contributed by atoms with Gasteiger partial charge in [0, 0.05) is 11.6 Å². The van der Waals surface area contributed by atoms with Gasteiger partial charge < -0.3 is 0 Å². The third kappa shape index (κ3) is 2.54. The zero-order valence-corrected chi connectivity index (χ0v) is 9.93. The molecule has 0 heterocycles. The summed E-state index contributed by atoms with van der Waals surface area (Å²) < 4.78 is 0. The van der Waals surface area contributed by atoms with Crippen molar-refractivity contribution < 1.29 is 14.5 Å². The number of ketones is 1. The zero-order valence-electron chi connectivity index (χ0n) is 8.34. The number of hydrogen-bond donors (Lipinski definition) is 0. The molecule has 0 N–H and O–H groups in total. The van der Waals surface area contributed by atoms with Crippen LogP contribution in [0.25, 0.3) is 0 Å². The van der Waals surface area contributed by atoms with Crippen LogP contribution in [-0.2, 0) is 0 Å². The number of nitro benzene ring substituents is 1. The summed E-state index contributed by atoms with van der Waals surface area (Å²) in [6.07, 6.45) is 0.382. The summed E-state index contributed by atoms with van der Waals surface area (Å²) in [6.45, 7) is 0. The van der Waals surface area contributed by atoms with Crippen molar-refractivity contribution in [3.63, 3.8) is 0 Å². The first-order valence-electron chi connectivity index (χ1n) is 4.32. The number of aldehydes is 1. The fourth-order valence-corrected chi connectivity index (χ4v) is 1.55. The first-order chi connectivity index (χ1) is 8.04. The lowest BCUT2D eigenvalue weighted by Crippen LogP contribution is -2.07. The highest BCUT2D eigenvalue weighted by Gasteiger charge is 2.22. The van der Waals surface area contributed by atoms with Crippen molar-refractivity contribution >= 4 is 33.7 Å². The number of hydrogen-bond acceptors (Lipinski definition) is 5. The Kier molecular flexibility index (Phi) is 4.06.